The summed E-state index contributed by atoms with van der Waals surface area (Å²) >= 11 is 1.12. The molecule has 2 aromatic rings. The maximum atomic E-state index is 12.4. The van der Waals surface area contributed by atoms with Crippen LogP contribution in [-0.2, 0) is 18.0 Å². The fourth-order valence-electron chi connectivity index (χ4n) is 1.41. The molecule has 0 aliphatic carbocycles. The summed E-state index contributed by atoms with van der Waals surface area (Å²) in [6.45, 7) is 0. The van der Waals surface area contributed by atoms with Gasteiger partial charge in [0.05, 0.1) is 11.3 Å². The Kier molecular flexibility index (Phi) is 4.46. The van der Waals surface area contributed by atoms with Crippen molar-refractivity contribution in [2.75, 3.05) is 11.1 Å². The minimum atomic E-state index is -4.39. The van der Waals surface area contributed by atoms with Gasteiger partial charge in [-0.2, -0.15) is 13.2 Å². The highest BCUT2D eigenvalue weighted by molar-refractivity contribution is 7.99. The van der Waals surface area contributed by atoms with E-state index in [0.29, 0.717) is 10.8 Å². The van der Waals surface area contributed by atoms with E-state index in [9.17, 15) is 18.0 Å². The second-order valence-electron chi connectivity index (χ2n) is 4.00. The van der Waals surface area contributed by atoms with Crippen LogP contribution in [0.5, 0.6) is 0 Å². The summed E-state index contributed by atoms with van der Waals surface area (Å²) in [5.74, 6) is -0.308. The number of tetrazole rings is 1. The van der Waals surface area contributed by atoms with E-state index >= 15 is 0 Å². The first-order chi connectivity index (χ1) is 9.86. The predicted molar refractivity (Wildman–Crippen MR) is 69.6 cm³/mol. The Morgan fingerprint density at radius 3 is 2.52 bits per heavy atom. The molecule has 2 rings (SSSR count). The molecule has 0 saturated carbocycles. The lowest BCUT2D eigenvalue weighted by Gasteiger charge is -2.08. The Morgan fingerprint density at radius 2 is 2.00 bits per heavy atom. The van der Waals surface area contributed by atoms with Crippen LogP contribution in [0.25, 0.3) is 0 Å². The highest BCUT2D eigenvalue weighted by Crippen LogP contribution is 2.29. The highest BCUT2D eigenvalue weighted by atomic mass is 32.2. The zero-order chi connectivity index (χ0) is 15.5. The van der Waals surface area contributed by atoms with E-state index in [2.05, 4.69) is 20.8 Å². The van der Waals surface area contributed by atoms with E-state index in [1.807, 2.05) is 0 Å². The number of rotatable bonds is 4. The summed E-state index contributed by atoms with van der Waals surface area (Å²) in [5, 5.41) is 13.7. The fraction of sp³-hybridized carbons (Fsp3) is 0.273. The largest absolute Gasteiger partial charge is 0.416 e. The van der Waals surface area contributed by atoms with Crippen LogP contribution < -0.4 is 5.32 Å². The quantitative estimate of drug-likeness (QED) is 0.873. The van der Waals surface area contributed by atoms with Crippen LogP contribution in [0.1, 0.15) is 5.56 Å². The molecule has 10 heteroatoms. The molecule has 1 aromatic heterocycles. The van der Waals surface area contributed by atoms with Crippen LogP contribution in [0.3, 0.4) is 0 Å². The number of aromatic nitrogens is 4. The Balaban J connectivity index is 1.89. The zero-order valence-electron chi connectivity index (χ0n) is 10.8. The van der Waals surface area contributed by atoms with Gasteiger partial charge >= 0.3 is 6.18 Å². The van der Waals surface area contributed by atoms with Crippen molar-refractivity contribution < 1.29 is 18.0 Å². The fourth-order valence-corrected chi connectivity index (χ4v) is 2.06. The Labute approximate surface area is 121 Å². The van der Waals surface area contributed by atoms with Gasteiger partial charge in [0.15, 0.2) is 0 Å². The second kappa shape index (κ2) is 6.12. The third-order valence-electron chi connectivity index (χ3n) is 2.41. The summed E-state index contributed by atoms with van der Waals surface area (Å²) in [6.07, 6.45) is -4.39. The molecule has 6 nitrogen and oxygen atoms in total. The molecule has 1 aromatic carbocycles. The Hall–Kier alpha value is -2.10. The molecule has 0 saturated heterocycles. The van der Waals surface area contributed by atoms with Crippen LogP contribution in [0.15, 0.2) is 29.4 Å². The second-order valence-corrected chi connectivity index (χ2v) is 4.94. The lowest BCUT2D eigenvalue weighted by molar-refractivity contribution is -0.137. The van der Waals surface area contributed by atoms with Gasteiger partial charge < -0.3 is 5.32 Å². The summed E-state index contributed by atoms with van der Waals surface area (Å²) in [5.41, 5.74) is -0.468. The molecule has 0 fully saturated rings. The summed E-state index contributed by atoms with van der Waals surface area (Å²) in [4.78, 5) is 11.7. The number of carbonyl (C=O) groups is 1. The average Bonchev–Trinajstić information content (AvgIpc) is 2.81. The molecule has 0 aliphatic heterocycles. The number of halogens is 3. The number of thioether (sulfide) groups is 1. The van der Waals surface area contributed by atoms with Gasteiger partial charge in [-0.1, -0.05) is 11.8 Å². The van der Waals surface area contributed by atoms with Crippen LogP contribution in [-0.4, -0.2) is 31.9 Å². The van der Waals surface area contributed by atoms with Crippen molar-refractivity contribution in [2.45, 2.75) is 11.3 Å². The highest BCUT2D eigenvalue weighted by Gasteiger charge is 2.29. The minimum Gasteiger partial charge on any atom is -0.325 e. The number of alkyl halides is 3. The number of nitrogens with one attached hydrogen (secondary N) is 1. The van der Waals surface area contributed by atoms with Crippen molar-refractivity contribution in [2.24, 2.45) is 7.05 Å². The van der Waals surface area contributed by atoms with Gasteiger partial charge in [0.25, 0.3) is 0 Å². The number of anilines is 1. The maximum Gasteiger partial charge on any atom is 0.416 e. The molecule has 21 heavy (non-hydrogen) atoms. The van der Waals surface area contributed by atoms with Gasteiger partial charge in [-0.15, -0.1) is 5.10 Å². The number of nitrogens with zero attached hydrogens (tertiary/aromatic N) is 4. The normalized spacial score (nSPS) is 11.4. The van der Waals surface area contributed by atoms with Gasteiger partial charge in [0, 0.05) is 12.7 Å². The number of hydrogen-bond donors (Lipinski definition) is 1. The lowest BCUT2D eigenvalue weighted by Crippen LogP contribution is -2.14. The van der Waals surface area contributed by atoms with Crippen molar-refractivity contribution >= 4 is 23.4 Å². The van der Waals surface area contributed by atoms with Gasteiger partial charge in [0.1, 0.15) is 0 Å². The molecule has 0 aliphatic rings. The molecule has 0 atom stereocenters. The molecule has 1 N–H and O–H groups in total. The molecule has 112 valence electrons. The minimum absolute atomic E-state index is 0.0508. The zero-order valence-corrected chi connectivity index (χ0v) is 11.6. The van der Waals surface area contributed by atoms with Crippen LogP contribution >= 0.6 is 11.8 Å². The van der Waals surface area contributed by atoms with Gasteiger partial charge in [-0.05, 0) is 34.7 Å². The van der Waals surface area contributed by atoms with E-state index in [1.165, 1.54) is 16.8 Å². The van der Waals surface area contributed by atoms with Gasteiger partial charge in [0.2, 0.25) is 11.1 Å². The van der Waals surface area contributed by atoms with Crippen molar-refractivity contribution in [3.05, 3.63) is 29.8 Å². The Bertz CT molecular complexity index is 626. The van der Waals surface area contributed by atoms with E-state index in [0.717, 1.165) is 23.9 Å². The topological polar surface area (TPSA) is 72.7 Å². The molecule has 1 amide bonds. The summed E-state index contributed by atoms with van der Waals surface area (Å²) in [6, 6.07) is 4.23. The van der Waals surface area contributed by atoms with Crippen molar-refractivity contribution in [3.8, 4) is 0 Å². The molecule has 1 heterocycles. The third kappa shape index (κ3) is 4.18. The summed E-state index contributed by atoms with van der Waals surface area (Å²) in [7, 11) is 1.64. The van der Waals surface area contributed by atoms with E-state index in [-0.39, 0.29) is 11.7 Å². The van der Waals surface area contributed by atoms with Crippen LogP contribution in [0.4, 0.5) is 18.9 Å². The van der Waals surface area contributed by atoms with Crippen LogP contribution in [0.2, 0.25) is 0 Å². The first-order valence-corrected chi connectivity index (χ1v) is 6.67. The molecular weight excluding hydrogens is 307 g/mol. The van der Waals surface area contributed by atoms with E-state index in [4.69, 9.17) is 0 Å². The molecule has 0 unspecified atom stereocenters. The molecular formula is C11H10F3N5OS. The smallest absolute Gasteiger partial charge is 0.325 e. The standard InChI is InChI=1S/C11H10F3N5OS/c1-19-10(16-17-18-19)21-6-9(20)15-8-4-2-7(3-5-8)11(12,13)14/h2-5H,6H2,1H3,(H,15,20). The first kappa shape index (κ1) is 15.3. The number of carbonyl (C=O) groups excluding carboxylic acids is 1. The molecule has 0 radical (unpaired) electrons. The van der Waals surface area contributed by atoms with Crippen molar-refractivity contribution in [1.29, 1.82) is 0 Å². The number of aryl methyl sites for hydroxylation is 1. The van der Waals surface area contributed by atoms with Gasteiger partial charge in [-0.25, -0.2) is 4.68 Å². The van der Waals surface area contributed by atoms with Gasteiger partial charge in [-0.3, -0.25) is 4.79 Å². The van der Waals surface area contributed by atoms with Crippen molar-refractivity contribution in [1.82, 2.24) is 20.2 Å². The molecule has 0 bridgehead atoms. The Morgan fingerprint density at radius 1 is 1.33 bits per heavy atom. The van der Waals surface area contributed by atoms with E-state index in [1.54, 1.807) is 7.05 Å². The monoisotopic (exact) mass is 317 g/mol. The third-order valence-corrected chi connectivity index (χ3v) is 3.42. The number of amides is 1. The average molecular weight is 317 g/mol. The predicted octanol–water partition coefficient (Wildman–Crippen LogP) is 1.96. The SMILES string of the molecule is Cn1nnnc1SCC(=O)Nc1ccc(C(F)(F)F)cc1. The lowest BCUT2D eigenvalue weighted by atomic mass is 10.2. The van der Waals surface area contributed by atoms with E-state index < -0.39 is 11.7 Å². The number of hydrogen-bond acceptors (Lipinski definition) is 5. The molecule has 0 spiro atoms. The summed E-state index contributed by atoms with van der Waals surface area (Å²) < 4.78 is 38.6. The first-order valence-electron chi connectivity index (χ1n) is 5.68. The van der Waals surface area contributed by atoms with Crippen LogP contribution in [0, 0.1) is 0 Å². The van der Waals surface area contributed by atoms with Crippen molar-refractivity contribution in [3.63, 3.8) is 0 Å². The maximum absolute atomic E-state index is 12.4. The number of benzene rings is 1.